The zero-order valence-corrected chi connectivity index (χ0v) is 10.7. The van der Waals surface area contributed by atoms with Gasteiger partial charge in [0, 0.05) is 19.1 Å². The Balaban J connectivity index is 1.50. The van der Waals surface area contributed by atoms with E-state index in [0.717, 1.165) is 32.4 Å². The van der Waals surface area contributed by atoms with Crippen LogP contribution in [0.3, 0.4) is 0 Å². The molecular weight excluding hydrogens is 226 g/mol. The van der Waals surface area contributed by atoms with E-state index >= 15 is 0 Å². The summed E-state index contributed by atoms with van der Waals surface area (Å²) in [6.45, 7) is 2.71. The first kappa shape index (κ1) is 12.2. The summed E-state index contributed by atoms with van der Waals surface area (Å²) in [6.07, 6.45) is 3.29. The Morgan fingerprint density at radius 2 is 2.00 bits per heavy atom. The lowest BCUT2D eigenvalue weighted by Crippen LogP contribution is -2.45. The van der Waals surface area contributed by atoms with E-state index in [1.807, 2.05) is 18.2 Å². The highest BCUT2D eigenvalue weighted by molar-refractivity contribution is 5.13. The molecule has 2 saturated heterocycles. The van der Waals surface area contributed by atoms with Gasteiger partial charge >= 0.3 is 0 Å². The lowest BCUT2D eigenvalue weighted by Gasteiger charge is -2.35. The smallest absolute Gasteiger partial charge is 0.0721 e. The molecule has 2 heterocycles. The number of nitrogens with zero attached hydrogens (tertiary/aromatic N) is 1. The summed E-state index contributed by atoms with van der Waals surface area (Å²) in [5.41, 5.74) is 1.24. The number of aliphatic hydroxyl groups excluding tert-OH is 1. The molecule has 0 saturated carbocycles. The Kier molecular flexibility index (Phi) is 3.64. The molecule has 1 N–H and O–H groups in total. The first-order chi connectivity index (χ1) is 8.83. The van der Waals surface area contributed by atoms with E-state index in [4.69, 9.17) is 4.74 Å². The normalized spacial score (nSPS) is 32.4. The molecular formula is C15H21NO2. The average molecular weight is 247 g/mol. The molecule has 3 nitrogen and oxygen atoms in total. The van der Waals surface area contributed by atoms with Gasteiger partial charge in [0.1, 0.15) is 0 Å². The van der Waals surface area contributed by atoms with E-state index in [2.05, 4.69) is 17.0 Å². The maximum atomic E-state index is 9.84. The fraction of sp³-hybridized carbons (Fsp3) is 0.600. The molecule has 1 aromatic carbocycles. The van der Waals surface area contributed by atoms with Crippen molar-refractivity contribution >= 4 is 0 Å². The predicted octanol–water partition coefficient (Wildman–Crippen LogP) is 1.80. The third kappa shape index (κ3) is 2.58. The lowest BCUT2D eigenvalue weighted by molar-refractivity contribution is -0.0304. The SMILES string of the molecule is O[C@H]1CCN2C[C@H](OCc3ccccc3)CC[C@@H]12. The Morgan fingerprint density at radius 3 is 2.83 bits per heavy atom. The fourth-order valence-electron chi connectivity index (χ4n) is 3.14. The Bertz CT molecular complexity index is 381. The van der Waals surface area contributed by atoms with Gasteiger partial charge < -0.3 is 9.84 Å². The molecule has 0 unspecified atom stereocenters. The molecule has 3 atom stereocenters. The van der Waals surface area contributed by atoms with Gasteiger partial charge in [-0.3, -0.25) is 4.90 Å². The van der Waals surface area contributed by atoms with Crippen molar-refractivity contribution in [1.82, 2.24) is 4.90 Å². The summed E-state index contributed by atoms with van der Waals surface area (Å²) in [4.78, 5) is 2.39. The predicted molar refractivity (Wildman–Crippen MR) is 70.2 cm³/mol. The number of rotatable bonds is 3. The second kappa shape index (κ2) is 5.39. The zero-order valence-electron chi connectivity index (χ0n) is 10.7. The van der Waals surface area contributed by atoms with Crippen LogP contribution < -0.4 is 0 Å². The molecule has 0 amide bonds. The van der Waals surface area contributed by atoms with E-state index < -0.39 is 0 Å². The van der Waals surface area contributed by atoms with E-state index in [9.17, 15) is 5.11 Å². The minimum absolute atomic E-state index is 0.111. The van der Waals surface area contributed by atoms with Crippen LogP contribution in [-0.2, 0) is 11.3 Å². The molecule has 3 heteroatoms. The van der Waals surface area contributed by atoms with Crippen LogP contribution in [-0.4, -0.2) is 41.3 Å². The Labute approximate surface area is 108 Å². The van der Waals surface area contributed by atoms with Crippen molar-refractivity contribution in [2.45, 2.75) is 44.1 Å². The maximum Gasteiger partial charge on any atom is 0.0721 e. The van der Waals surface area contributed by atoms with Crippen LogP contribution >= 0.6 is 0 Å². The standard InChI is InChI=1S/C15H21NO2/c17-15-8-9-16-10-13(6-7-14(15)16)18-11-12-4-2-1-3-5-12/h1-5,13-15,17H,6-11H2/t13-,14+,15+/m1/s1. The minimum Gasteiger partial charge on any atom is -0.391 e. The number of hydrogen-bond donors (Lipinski definition) is 1. The topological polar surface area (TPSA) is 32.7 Å². The summed E-state index contributed by atoms with van der Waals surface area (Å²) >= 11 is 0. The quantitative estimate of drug-likeness (QED) is 0.884. The first-order valence-corrected chi connectivity index (χ1v) is 6.90. The van der Waals surface area contributed by atoms with Crippen molar-refractivity contribution in [2.24, 2.45) is 0 Å². The van der Waals surface area contributed by atoms with Gasteiger partial charge in [0.2, 0.25) is 0 Å². The molecule has 2 fully saturated rings. The molecule has 1 aromatic rings. The zero-order chi connectivity index (χ0) is 12.4. The number of benzene rings is 1. The molecule has 0 aliphatic carbocycles. The van der Waals surface area contributed by atoms with Crippen molar-refractivity contribution in [3.05, 3.63) is 35.9 Å². The second-order valence-electron chi connectivity index (χ2n) is 5.41. The van der Waals surface area contributed by atoms with Crippen LogP contribution in [0.5, 0.6) is 0 Å². The van der Waals surface area contributed by atoms with Crippen LogP contribution in [0.4, 0.5) is 0 Å². The largest absolute Gasteiger partial charge is 0.391 e. The molecule has 18 heavy (non-hydrogen) atoms. The first-order valence-electron chi connectivity index (χ1n) is 6.90. The van der Waals surface area contributed by atoms with Crippen LogP contribution in [0.2, 0.25) is 0 Å². The number of ether oxygens (including phenoxy) is 1. The van der Waals surface area contributed by atoms with Crippen LogP contribution in [0, 0.1) is 0 Å². The molecule has 0 aromatic heterocycles. The van der Waals surface area contributed by atoms with Crippen LogP contribution in [0.1, 0.15) is 24.8 Å². The monoisotopic (exact) mass is 247 g/mol. The Morgan fingerprint density at radius 1 is 1.17 bits per heavy atom. The van der Waals surface area contributed by atoms with E-state index in [1.54, 1.807) is 0 Å². The van der Waals surface area contributed by atoms with E-state index in [-0.39, 0.29) is 6.10 Å². The summed E-state index contributed by atoms with van der Waals surface area (Å²) in [7, 11) is 0. The van der Waals surface area contributed by atoms with Crippen molar-refractivity contribution in [3.8, 4) is 0 Å². The van der Waals surface area contributed by atoms with Gasteiger partial charge in [-0.2, -0.15) is 0 Å². The third-order valence-corrected chi connectivity index (χ3v) is 4.18. The lowest BCUT2D eigenvalue weighted by atomic mass is 9.99. The molecule has 3 rings (SSSR count). The van der Waals surface area contributed by atoms with Crippen molar-refractivity contribution < 1.29 is 9.84 Å². The summed E-state index contributed by atoms with van der Waals surface area (Å²) in [6, 6.07) is 10.7. The summed E-state index contributed by atoms with van der Waals surface area (Å²) in [5, 5.41) is 9.84. The second-order valence-corrected chi connectivity index (χ2v) is 5.41. The van der Waals surface area contributed by atoms with Gasteiger partial charge in [-0.25, -0.2) is 0 Å². The highest BCUT2D eigenvalue weighted by atomic mass is 16.5. The van der Waals surface area contributed by atoms with Gasteiger partial charge in [-0.1, -0.05) is 30.3 Å². The van der Waals surface area contributed by atoms with Gasteiger partial charge in [0.05, 0.1) is 18.8 Å². The molecule has 2 aliphatic rings. The van der Waals surface area contributed by atoms with Crippen molar-refractivity contribution in [2.75, 3.05) is 13.1 Å². The molecule has 0 radical (unpaired) electrons. The molecule has 2 aliphatic heterocycles. The van der Waals surface area contributed by atoms with Crippen LogP contribution in [0.25, 0.3) is 0 Å². The summed E-state index contributed by atoms with van der Waals surface area (Å²) in [5.74, 6) is 0. The highest BCUT2D eigenvalue weighted by Crippen LogP contribution is 2.28. The summed E-state index contributed by atoms with van der Waals surface area (Å²) < 4.78 is 5.99. The van der Waals surface area contributed by atoms with Crippen molar-refractivity contribution in [1.29, 1.82) is 0 Å². The van der Waals surface area contributed by atoms with E-state index in [1.165, 1.54) is 5.56 Å². The van der Waals surface area contributed by atoms with E-state index in [0.29, 0.717) is 18.8 Å². The van der Waals surface area contributed by atoms with Gasteiger partial charge in [0.25, 0.3) is 0 Å². The molecule has 0 spiro atoms. The van der Waals surface area contributed by atoms with Crippen LogP contribution in [0.15, 0.2) is 30.3 Å². The fourth-order valence-corrected chi connectivity index (χ4v) is 3.14. The van der Waals surface area contributed by atoms with Crippen molar-refractivity contribution in [3.63, 3.8) is 0 Å². The Hall–Kier alpha value is -0.900. The minimum atomic E-state index is -0.111. The number of hydrogen-bond acceptors (Lipinski definition) is 3. The van der Waals surface area contributed by atoms with Gasteiger partial charge in [0.15, 0.2) is 0 Å². The maximum absolute atomic E-state index is 9.84. The number of fused-ring (bicyclic) bond motifs is 1. The number of piperidine rings is 1. The van der Waals surface area contributed by atoms with Gasteiger partial charge in [-0.05, 0) is 24.8 Å². The average Bonchev–Trinajstić information content (AvgIpc) is 2.79. The highest BCUT2D eigenvalue weighted by Gasteiger charge is 2.37. The molecule has 98 valence electrons. The number of aliphatic hydroxyl groups is 1. The third-order valence-electron chi connectivity index (χ3n) is 4.18. The molecule has 0 bridgehead atoms. The van der Waals surface area contributed by atoms with Gasteiger partial charge in [-0.15, -0.1) is 0 Å².